The molecule has 0 amide bonds. The van der Waals surface area contributed by atoms with Crippen molar-refractivity contribution < 1.29 is 14.3 Å². The van der Waals surface area contributed by atoms with Gasteiger partial charge in [0.05, 0.1) is 26.3 Å². The molecule has 2 heterocycles. The van der Waals surface area contributed by atoms with Crippen molar-refractivity contribution in [1.29, 1.82) is 0 Å². The summed E-state index contributed by atoms with van der Waals surface area (Å²) in [6.07, 6.45) is 2.07. The van der Waals surface area contributed by atoms with E-state index in [4.69, 9.17) is 9.47 Å². The SMILES string of the molecule is COc1cc2ncnc(N3CCC(=O)C3)c2cc1OC. The summed E-state index contributed by atoms with van der Waals surface area (Å²) in [5.41, 5.74) is 0.770. The number of rotatable bonds is 3. The maximum absolute atomic E-state index is 11.5. The number of hydrogen-bond acceptors (Lipinski definition) is 6. The standard InChI is InChI=1S/C14H15N3O3/c1-19-12-5-10-11(6-13(12)20-2)15-8-16-14(10)17-4-3-9(18)7-17/h5-6,8H,3-4,7H2,1-2H3. The molecule has 1 aromatic carbocycles. The third kappa shape index (κ3) is 2.03. The number of aromatic nitrogens is 2. The first-order valence-corrected chi connectivity index (χ1v) is 6.36. The number of anilines is 1. The maximum atomic E-state index is 11.5. The molecule has 6 nitrogen and oxygen atoms in total. The van der Waals surface area contributed by atoms with Crippen LogP contribution in [0.3, 0.4) is 0 Å². The van der Waals surface area contributed by atoms with Crippen molar-refractivity contribution >= 4 is 22.5 Å². The van der Waals surface area contributed by atoms with Gasteiger partial charge in [-0.3, -0.25) is 4.79 Å². The number of fused-ring (bicyclic) bond motifs is 1. The summed E-state index contributed by atoms with van der Waals surface area (Å²) in [6.45, 7) is 1.10. The first kappa shape index (κ1) is 12.7. The molecule has 0 bridgehead atoms. The van der Waals surface area contributed by atoms with Crippen LogP contribution < -0.4 is 14.4 Å². The second-order valence-electron chi connectivity index (χ2n) is 4.63. The van der Waals surface area contributed by atoms with Crippen LogP contribution in [0.1, 0.15) is 6.42 Å². The Hall–Kier alpha value is -2.37. The zero-order valence-electron chi connectivity index (χ0n) is 11.4. The smallest absolute Gasteiger partial charge is 0.162 e. The molecule has 3 rings (SSSR count). The fraction of sp³-hybridized carbons (Fsp3) is 0.357. The third-order valence-corrected chi connectivity index (χ3v) is 3.45. The Morgan fingerprint density at radius 1 is 1.15 bits per heavy atom. The quantitative estimate of drug-likeness (QED) is 0.843. The average Bonchev–Trinajstić information content (AvgIpc) is 2.91. The van der Waals surface area contributed by atoms with Crippen LogP contribution in [0.4, 0.5) is 5.82 Å². The second-order valence-corrected chi connectivity index (χ2v) is 4.63. The molecule has 0 aliphatic carbocycles. The Kier molecular flexibility index (Phi) is 3.14. The van der Waals surface area contributed by atoms with Crippen molar-refractivity contribution in [2.24, 2.45) is 0 Å². The van der Waals surface area contributed by atoms with E-state index >= 15 is 0 Å². The van der Waals surface area contributed by atoms with E-state index in [0.717, 1.165) is 16.7 Å². The Morgan fingerprint density at radius 2 is 1.90 bits per heavy atom. The lowest BCUT2D eigenvalue weighted by molar-refractivity contribution is -0.116. The molecule has 2 aromatic rings. The largest absolute Gasteiger partial charge is 0.493 e. The van der Waals surface area contributed by atoms with E-state index in [9.17, 15) is 4.79 Å². The highest BCUT2D eigenvalue weighted by Gasteiger charge is 2.23. The lowest BCUT2D eigenvalue weighted by atomic mass is 10.2. The summed E-state index contributed by atoms with van der Waals surface area (Å²) in [6, 6.07) is 3.67. The molecule has 0 N–H and O–H groups in total. The highest BCUT2D eigenvalue weighted by atomic mass is 16.5. The van der Waals surface area contributed by atoms with E-state index in [-0.39, 0.29) is 5.78 Å². The Balaban J connectivity index is 2.15. The first-order chi connectivity index (χ1) is 9.72. The second kappa shape index (κ2) is 4.96. The Labute approximate surface area is 116 Å². The predicted molar refractivity (Wildman–Crippen MR) is 74.5 cm³/mol. The molecular formula is C14H15N3O3. The molecule has 0 atom stereocenters. The summed E-state index contributed by atoms with van der Waals surface area (Å²) in [4.78, 5) is 22.0. The van der Waals surface area contributed by atoms with Crippen LogP contribution in [0, 0.1) is 0 Å². The Morgan fingerprint density at radius 3 is 2.55 bits per heavy atom. The van der Waals surface area contributed by atoms with Gasteiger partial charge < -0.3 is 14.4 Å². The van der Waals surface area contributed by atoms with Gasteiger partial charge in [0.25, 0.3) is 0 Å². The maximum Gasteiger partial charge on any atom is 0.162 e. The van der Waals surface area contributed by atoms with Crippen LogP contribution in [-0.4, -0.2) is 43.1 Å². The monoisotopic (exact) mass is 273 g/mol. The van der Waals surface area contributed by atoms with E-state index < -0.39 is 0 Å². The van der Waals surface area contributed by atoms with Gasteiger partial charge >= 0.3 is 0 Å². The zero-order chi connectivity index (χ0) is 14.1. The van der Waals surface area contributed by atoms with Crippen LogP contribution in [0.5, 0.6) is 11.5 Å². The van der Waals surface area contributed by atoms with Crippen molar-refractivity contribution in [3.8, 4) is 11.5 Å². The molecule has 20 heavy (non-hydrogen) atoms. The van der Waals surface area contributed by atoms with E-state index in [0.29, 0.717) is 31.0 Å². The lowest BCUT2D eigenvalue weighted by Crippen LogP contribution is -2.21. The van der Waals surface area contributed by atoms with Crippen molar-refractivity contribution in [2.45, 2.75) is 6.42 Å². The molecular weight excluding hydrogens is 258 g/mol. The molecule has 1 aromatic heterocycles. The molecule has 1 saturated heterocycles. The topological polar surface area (TPSA) is 64.6 Å². The van der Waals surface area contributed by atoms with Gasteiger partial charge in [-0.2, -0.15) is 0 Å². The van der Waals surface area contributed by atoms with Gasteiger partial charge in [-0.15, -0.1) is 0 Å². The van der Waals surface area contributed by atoms with Gasteiger partial charge in [0, 0.05) is 24.4 Å². The number of nitrogens with zero attached hydrogens (tertiary/aromatic N) is 3. The lowest BCUT2D eigenvalue weighted by Gasteiger charge is -2.18. The number of hydrogen-bond donors (Lipinski definition) is 0. The number of ketones is 1. The summed E-state index contributed by atoms with van der Waals surface area (Å²) in [5, 5.41) is 0.861. The highest BCUT2D eigenvalue weighted by molar-refractivity contribution is 5.95. The minimum atomic E-state index is 0.234. The van der Waals surface area contributed by atoms with Gasteiger partial charge in [-0.05, 0) is 6.07 Å². The molecule has 1 aliphatic heterocycles. The summed E-state index contributed by atoms with van der Waals surface area (Å²) >= 11 is 0. The van der Waals surface area contributed by atoms with Gasteiger partial charge in [-0.25, -0.2) is 9.97 Å². The predicted octanol–water partition coefficient (Wildman–Crippen LogP) is 1.43. The minimum absolute atomic E-state index is 0.234. The molecule has 0 unspecified atom stereocenters. The number of carbonyl (C=O) groups is 1. The number of benzene rings is 1. The zero-order valence-corrected chi connectivity index (χ0v) is 11.4. The van der Waals surface area contributed by atoms with Crippen molar-refractivity contribution in [2.75, 3.05) is 32.2 Å². The highest BCUT2D eigenvalue weighted by Crippen LogP contribution is 2.35. The van der Waals surface area contributed by atoms with Gasteiger partial charge in [-0.1, -0.05) is 0 Å². The molecule has 0 radical (unpaired) electrons. The van der Waals surface area contributed by atoms with Crippen LogP contribution in [0.25, 0.3) is 10.9 Å². The van der Waals surface area contributed by atoms with Crippen LogP contribution in [-0.2, 0) is 4.79 Å². The van der Waals surface area contributed by atoms with E-state index in [1.54, 1.807) is 14.2 Å². The fourth-order valence-corrected chi connectivity index (χ4v) is 2.43. The van der Waals surface area contributed by atoms with E-state index in [1.807, 2.05) is 17.0 Å². The molecule has 0 saturated carbocycles. The van der Waals surface area contributed by atoms with Gasteiger partial charge in [0.15, 0.2) is 17.3 Å². The average molecular weight is 273 g/mol. The summed E-state index contributed by atoms with van der Waals surface area (Å²) < 4.78 is 10.6. The molecule has 104 valence electrons. The molecule has 1 aliphatic rings. The normalized spacial score (nSPS) is 14.9. The van der Waals surface area contributed by atoms with Crippen LogP contribution in [0.2, 0.25) is 0 Å². The molecule has 6 heteroatoms. The fourth-order valence-electron chi connectivity index (χ4n) is 2.43. The van der Waals surface area contributed by atoms with Gasteiger partial charge in [0.2, 0.25) is 0 Å². The number of methoxy groups -OCH3 is 2. The van der Waals surface area contributed by atoms with Crippen molar-refractivity contribution in [3.05, 3.63) is 18.5 Å². The molecule has 0 spiro atoms. The number of ether oxygens (including phenoxy) is 2. The third-order valence-electron chi connectivity index (χ3n) is 3.45. The number of carbonyl (C=O) groups excluding carboxylic acids is 1. The van der Waals surface area contributed by atoms with Crippen LogP contribution >= 0.6 is 0 Å². The first-order valence-electron chi connectivity index (χ1n) is 6.36. The minimum Gasteiger partial charge on any atom is -0.493 e. The summed E-state index contributed by atoms with van der Waals surface area (Å²) in [7, 11) is 3.18. The van der Waals surface area contributed by atoms with Crippen molar-refractivity contribution in [1.82, 2.24) is 9.97 Å². The Bertz CT molecular complexity index is 672. The van der Waals surface area contributed by atoms with Gasteiger partial charge in [0.1, 0.15) is 12.1 Å². The molecule has 1 fully saturated rings. The van der Waals surface area contributed by atoms with E-state index in [1.165, 1.54) is 6.33 Å². The van der Waals surface area contributed by atoms with E-state index in [2.05, 4.69) is 9.97 Å². The van der Waals surface area contributed by atoms with Crippen molar-refractivity contribution in [3.63, 3.8) is 0 Å². The van der Waals surface area contributed by atoms with Crippen LogP contribution in [0.15, 0.2) is 18.5 Å². The number of Topliss-reactive ketones (excluding diaryl/α,β-unsaturated/α-hetero) is 1. The summed E-state index contributed by atoms with van der Waals surface area (Å²) in [5.74, 6) is 2.25.